The van der Waals surface area contributed by atoms with Crippen LogP contribution in [-0.2, 0) is 22.6 Å². The van der Waals surface area contributed by atoms with Crippen molar-refractivity contribution in [2.45, 2.75) is 65.8 Å². The summed E-state index contributed by atoms with van der Waals surface area (Å²) in [7, 11) is 0. The molecule has 0 radical (unpaired) electrons. The number of carbonyl (C=O) groups is 2. The van der Waals surface area contributed by atoms with Crippen LogP contribution in [0, 0.1) is 18.3 Å². The van der Waals surface area contributed by atoms with Crippen molar-refractivity contribution in [1.82, 2.24) is 25.0 Å². The van der Waals surface area contributed by atoms with E-state index in [1.165, 1.54) is 0 Å². The SMILES string of the molecule is Cc1ccc2cc(C3CCN(C(=O)C[C@@H]4Cc5cc(Cl)c6[nH]ncc6c5CN(CC(C)(C)C)C4=O)CC3)c(=O)[nH]c2c1. The highest BCUT2D eigenvalue weighted by Crippen LogP contribution is 2.36. The van der Waals surface area contributed by atoms with E-state index in [0.29, 0.717) is 37.6 Å². The molecular formula is C33H38ClN5O3. The number of piperidine rings is 1. The lowest BCUT2D eigenvalue weighted by Gasteiger charge is -2.34. The fraction of sp³-hybridized carbons (Fsp3) is 0.455. The molecule has 6 rings (SSSR count). The maximum absolute atomic E-state index is 13.9. The lowest BCUT2D eigenvalue weighted by atomic mass is 9.88. The number of aryl methyl sites for hydroxylation is 1. The van der Waals surface area contributed by atoms with Gasteiger partial charge in [0.1, 0.15) is 0 Å². The van der Waals surface area contributed by atoms with E-state index >= 15 is 0 Å². The van der Waals surface area contributed by atoms with Crippen molar-refractivity contribution in [2.75, 3.05) is 19.6 Å². The number of aromatic amines is 2. The van der Waals surface area contributed by atoms with Gasteiger partial charge >= 0.3 is 0 Å². The average molecular weight is 588 g/mol. The first-order chi connectivity index (χ1) is 20.0. The molecule has 8 nitrogen and oxygen atoms in total. The molecule has 2 aliphatic rings. The summed E-state index contributed by atoms with van der Waals surface area (Å²) in [5.74, 6) is -0.373. The molecule has 0 unspecified atom stereocenters. The first kappa shape index (κ1) is 28.5. The molecule has 2 aromatic heterocycles. The summed E-state index contributed by atoms with van der Waals surface area (Å²) in [5, 5.41) is 9.71. The molecule has 0 aliphatic carbocycles. The van der Waals surface area contributed by atoms with Crippen molar-refractivity contribution in [3.8, 4) is 0 Å². The molecule has 2 N–H and O–H groups in total. The van der Waals surface area contributed by atoms with Crippen LogP contribution in [0.2, 0.25) is 5.02 Å². The van der Waals surface area contributed by atoms with Gasteiger partial charge in [0.15, 0.2) is 0 Å². The smallest absolute Gasteiger partial charge is 0.251 e. The zero-order chi connectivity index (χ0) is 29.8. The van der Waals surface area contributed by atoms with E-state index in [1.807, 2.05) is 47.1 Å². The van der Waals surface area contributed by atoms with Crippen LogP contribution < -0.4 is 5.56 Å². The molecule has 42 heavy (non-hydrogen) atoms. The van der Waals surface area contributed by atoms with Gasteiger partial charge in [-0.3, -0.25) is 19.5 Å². The Balaban J connectivity index is 1.19. The van der Waals surface area contributed by atoms with Gasteiger partial charge in [-0.2, -0.15) is 5.10 Å². The fourth-order valence-corrected chi connectivity index (χ4v) is 6.99. The highest BCUT2D eigenvalue weighted by Gasteiger charge is 2.36. The number of amides is 2. The average Bonchev–Trinajstić information content (AvgIpc) is 3.39. The van der Waals surface area contributed by atoms with Gasteiger partial charge < -0.3 is 14.8 Å². The molecule has 1 saturated heterocycles. The standard InChI is InChI=1S/C33H38ClN5O3/c1-19-5-6-21-13-24(31(41)36-28(21)11-19)20-7-9-38(10-8-20)29(40)15-23-12-22-14-27(34)30-25(16-35-37-30)26(22)17-39(32(23)42)18-33(2,3)4/h5-6,11,13-14,16,20,23H,7-10,12,15,17-18H2,1-4H3,(H,35,37)(H,36,41)/t23-/m0/s1. The quantitative estimate of drug-likeness (QED) is 0.319. The van der Waals surface area contributed by atoms with E-state index in [2.05, 4.69) is 36.0 Å². The van der Waals surface area contributed by atoms with Crippen molar-refractivity contribution in [3.05, 3.63) is 74.2 Å². The van der Waals surface area contributed by atoms with E-state index in [4.69, 9.17) is 11.6 Å². The highest BCUT2D eigenvalue weighted by molar-refractivity contribution is 6.35. The van der Waals surface area contributed by atoms with Crippen molar-refractivity contribution < 1.29 is 9.59 Å². The maximum Gasteiger partial charge on any atom is 0.251 e. The van der Waals surface area contributed by atoms with Crippen LogP contribution in [0.5, 0.6) is 0 Å². The van der Waals surface area contributed by atoms with Crippen LogP contribution in [0.1, 0.15) is 68.2 Å². The Hall–Kier alpha value is -3.65. The summed E-state index contributed by atoms with van der Waals surface area (Å²) >= 11 is 6.59. The third-order valence-corrected chi connectivity index (χ3v) is 9.07. The number of benzene rings is 2. The summed E-state index contributed by atoms with van der Waals surface area (Å²) in [6.07, 6.45) is 3.83. The summed E-state index contributed by atoms with van der Waals surface area (Å²) in [6.45, 7) is 10.6. The Morgan fingerprint density at radius 2 is 1.88 bits per heavy atom. The van der Waals surface area contributed by atoms with Crippen molar-refractivity contribution >= 4 is 45.2 Å². The highest BCUT2D eigenvalue weighted by atomic mass is 35.5. The predicted octanol–water partition coefficient (Wildman–Crippen LogP) is 5.71. The van der Waals surface area contributed by atoms with Gasteiger partial charge in [0.05, 0.1) is 22.7 Å². The summed E-state index contributed by atoms with van der Waals surface area (Å²) in [4.78, 5) is 47.3. The minimum Gasteiger partial charge on any atom is -0.343 e. The van der Waals surface area contributed by atoms with Gasteiger partial charge in [-0.25, -0.2) is 0 Å². The van der Waals surface area contributed by atoms with Gasteiger partial charge in [-0.05, 0) is 77.8 Å². The number of nitrogens with one attached hydrogen (secondary N) is 2. The molecule has 2 amide bonds. The van der Waals surface area contributed by atoms with Crippen LogP contribution in [0.4, 0.5) is 0 Å². The molecule has 1 atom stereocenters. The Morgan fingerprint density at radius 3 is 2.62 bits per heavy atom. The number of pyridine rings is 1. The van der Waals surface area contributed by atoms with Crippen LogP contribution in [0.25, 0.3) is 21.8 Å². The molecule has 0 spiro atoms. The van der Waals surface area contributed by atoms with Crippen molar-refractivity contribution in [1.29, 1.82) is 0 Å². The Labute approximate surface area is 250 Å². The molecule has 4 heterocycles. The maximum atomic E-state index is 13.9. The van der Waals surface area contributed by atoms with Crippen LogP contribution in [-0.4, -0.2) is 56.4 Å². The van der Waals surface area contributed by atoms with Gasteiger partial charge in [-0.15, -0.1) is 0 Å². The lowest BCUT2D eigenvalue weighted by Crippen LogP contribution is -2.43. The number of likely N-dealkylation sites (tertiary alicyclic amines) is 1. The Bertz CT molecular complexity index is 1740. The normalized spacial score (nSPS) is 18.5. The van der Waals surface area contributed by atoms with E-state index in [1.54, 1.807) is 6.20 Å². The molecule has 2 aliphatic heterocycles. The Morgan fingerprint density at radius 1 is 1.12 bits per heavy atom. The zero-order valence-corrected chi connectivity index (χ0v) is 25.5. The molecule has 220 valence electrons. The lowest BCUT2D eigenvalue weighted by molar-refractivity contribution is -0.142. The fourth-order valence-electron chi connectivity index (χ4n) is 6.71. The number of fused-ring (bicyclic) bond motifs is 4. The number of aromatic nitrogens is 3. The number of halogens is 1. The number of hydrogen-bond donors (Lipinski definition) is 2. The summed E-state index contributed by atoms with van der Waals surface area (Å²) < 4.78 is 0. The van der Waals surface area contributed by atoms with Gasteiger partial charge in [0.2, 0.25) is 11.8 Å². The zero-order valence-electron chi connectivity index (χ0n) is 24.7. The van der Waals surface area contributed by atoms with Gasteiger partial charge in [0, 0.05) is 49.1 Å². The summed E-state index contributed by atoms with van der Waals surface area (Å²) in [6, 6.07) is 10.0. The van der Waals surface area contributed by atoms with Crippen LogP contribution >= 0.6 is 11.6 Å². The third kappa shape index (κ3) is 5.56. The second-order valence-electron chi connectivity index (χ2n) is 13.3. The number of carbonyl (C=O) groups excluding carboxylic acids is 2. The number of H-pyrrole nitrogens is 2. The summed E-state index contributed by atoms with van der Waals surface area (Å²) in [5.41, 5.74) is 5.41. The van der Waals surface area contributed by atoms with Gasteiger partial charge in [0.25, 0.3) is 5.56 Å². The minimum absolute atomic E-state index is 0.00932. The molecule has 0 bridgehead atoms. The number of hydrogen-bond acceptors (Lipinski definition) is 4. The molecular weight excluding hydrogens is 550 g/mol. The van der Waals surface area contributed by atoms with E-state index < -0.39 is 5.92 Å². The number of nitrogens with zero attached hydrogens (tertiary/aromatic N) is 3. The van der Waals surface area contributed by atoms with Gasteiger partial charge in [-0.1, -0.05) is 44.5 Å². The first-order valence-corrected chi connectivity index (χ1v) is 15.2. The molecule has 1 fully saturated rings. The van der Waals surface area contributed by atoms with E-state index in [9.17, 15) is 14.4 Å². The van der Waals surface area contributed by atoms with Crippen molar-refractivity contribution in [2.24, 2.45) is 11.3 Å². The topological polar surface area (TPSA) is 102 Å². The molecule has 9 heteroatoms. The second kappa shape index (κ2) is 10.9. The first-order valence-electron chi connectivity index (χ1n) is 14.8. The van der Waals surface area contributed by atoms with E-state index in [-0.39, 0.29) is 35.1 Å². The molecule has 4 aromatic rings. The molecule has 0 saturated carbocycles. The monoisotopic (exact) mass is 587 g/mol. The predicted molar refractivity (Wildman–Crippen MR) is 166 cm³/mol. The van der Waals surface area contributed by atoms with E-state index in [0.717, 1.165) is 56.9 Å². The number of rotatable bonds is 4. The van der Waals surface area contributed by atoms with Crippen LogP contribution in [0.3, 0.4) is 0 Å². The minimum atomic E-state index is -0.467. The largest absolute Gasteiger partial charge is 0.343 e. The van der Waals surface area contributed by atoms with Crippen molar-refractivity contribution in [3.63, 3.8) is 0 Å². The second-order valence-corrected chi connectivity index (χ2v) is 13.7. The Kier molecular flexibility index (Phi) is 7.37. The molecule has 2 aromatic carbocycles. The van der Waals surface area contributed by atoms with Crippen LogP contribution in [0.15, 0.2) is 41.3 Å². The third-order valence-electron chi connectivity index (χ3n) is 8.77.